The summed E-state index contributed by atoms with van der Waals surface area (Å²) in [4.78, 5) is 13.7. The minimum atomic E-state index is 0.823. The zero-order valence-electron chi connectivity index (χ0n) is 17.5. The smallest absolute Gasteiger partial charge is 0.205 e. The molecule has 0 atom stereocenters. The van der Waals surface area contributed by atoms with Gasteiger partial charge in [-0.25, -0.2) is 9.67 Å². The van der Waals surface area contributed by atoms with Crippen LogP contribution < -0.4 is 10.2 Å². The quantitative estimate of drug-likeness (QED) is 0.483. The molecule has 9 heteroatoms. The number of piperazine rings is 1. The van der Waals surface area contributed by atoms with Gasteiger partial charge in [-0.2, -0.15) is 9.47 Å². The van der Waals surface area contributed by atoms with Crippen molar-refractivity contribution in [2.24, 2.45) is 4.99 Å². The number of hydrogen-bond donors (Lipinski definition) is 1. The van der Waals surface area contributed by atoms with E-state index in [4.69, 9.17) is 0 Å². The van der Waals surface area contributed by atoms with Crippen LogP contribution >= 0.6 is 11.5 Å². The SMILES string of the molecule is CCc1nsc(N2CCN(C(=NC)NCCc3cnn(-c4ccccc4)c3)CC2)n1. The number of para-hydroxylation sites is 1. The van der Waals surface area contributed by atoms with E-state index in [2.05, 4.69) is 59.8 Å². The first-order valence-electron chi connectivity index (χ1n) is 10.4. The molecule has 1 aliphatic heterocycles. The monoisotopic (exact) mass is 424 g/mol. The highest BCUT2D eigenvalue weighted by Gasteiger charge is 2.21. The lowest BCUT2D eigenvalue weighted by atomic mass is 10.2. The molecule has 1 N–H and O–H groups in total. The van der Waals surface area contributed by atoms with Crippen molar-refractivity contribution >= 4 is 22.6 Å². The normalized spacial score (nSPS) is 14.9. The van der Waals surface area contributed by atoms with Gasteiger partial charge < -0.3 is 15.1 Å². The maximum absolute atomic E-state index is 4.61. The number of aryl methyl sites for hydroxylation is 1. The highest BCUT2D eigenvalue weighted by Crippen LogP contribution is 2.19. The predicted octanol–water partition coefficient (Wildman–Crippen LogP) is 2.23. The molecule has 0 radical (unpaired) electrons. The number of hydrogen-bond acceptors (Lipinski definition) is 6. The maximum atomic E-state index is 4.61. The van der Waals surface area contributed by atoms with Crippen LogP contribution in [0.3, 0.4) is 0 Å². The van der Waals surface area contributed by atoms with Crippen LogP contribution in [0.5, 0.6) is 0 Å². The molecule has 0 bridgehead atoms. The molecule has 0 amide bonds. The van der Waals surface area contributed by atoms with Gasteiger partial charge in [0, 0.05) is 63.9 Å². The first-order valence-corrected chi connectivity index (χ1v) is 11.2. The number of aliphatic imine (C=N–C) groups is 1. The van der Waals surface area contributed by atoms with E-state index in [1.54, 1.807) is 0 Å². The van der Waals surface area contributed by atoms with Crippen molar-refractivity contribution < 1.29 is 0 Å². The third-order valence-corrected chi connectivity index (χ3v) is 6.00. The van der Waals surface area contributed by atoms with Crippen LogP contribution in [0.2, 0.25) is 0 Å². The zero-order chi connectivity index (χ0) is 20.8. The summed E-state index contributed by atoms with van der Waals surface area (Å²) in [7, 11) is 1.85. The van der Waals surface area contributed by atoms with E-state index in [1.807, 2.05) is 36.1 Å². The third-order valence-electron chi connectivity index (χ3n) is 5.19. The Morgan fingerprint density at radius 2 is 1.97 bits per heavy atom. The molecule has 0 aliphatic carbocycles. The largest absolute Gasteiger partial charge is 0.356 e. The van der Waals surface area contributed by atoms with Crippen LogP contribution in [-0.4, -0.2) is 69.8 Å². The molecule has 1 fully saturated rings. The van der Waals surface area contributed by atoms with Crippen LogP contribution in [0.1, 0.15) is 18.3 Å². The summed E-state index contributed by atoms with van der Waals surface area (Å²) in [5.74, 6) is 1.89. The molecule has 1 saturated heterocycles. The van der Waals surface area contributed by atoms with E-state index in [-0.39, 0.29) is 0 Å². The van der Waals surface area contributed by atoms with Crippen molar-refractivity contribution in [1.82, 2.24) is 29.4 Å². The first-order chi connectivity index (χ1) is 14.8. The molecule has 0 spiro atoms. The molecule has 4 rings (SSSR count). The Labute approximate surface area is 181 Å². The zero-order valence-corrected chi connectivity index (χ0v) is 18.3. The van der Waals surface area contributed by atoms with Crippen molar-refractivity contribution in [3.8, 4) is 5.69 Å². The third kappa shape index (κ3) is 4.79. The fourth-order valence-corrected chi connectivity index (χ4v) is 4.29. The van der Waals surface area contributed by atoms with Crippen LogP contribution in [0, 0.1) is 0 Å². The molecule has 2 aromatic heterocycles. The molecule has 30 heavy (non-hydrogen) atoms. The topological polar surface area (TPSA) is 74.5 Å². The lowest BCUT2D eigenvalue weighted by molar-refractivity contribution is 0.372. The molecule has 8 nitrogen and oxygen atoms in total. The summed E-state index contributed by atoms with van der Waals surface area (Å²) >= 11 is 1.50. The number of rotatable bonds is 6. The van der Waals surface area contributed by atoms with Crippen molar-refractivity contribution in [1.29, 1.82) is 0 Å². The first kappa shape index (κ1) is 20.3. The van der Waals surface area contributed by atoms with Crippen molar-refractivity contribution in [3.05, 3.63) is 54.1 Å². The maximum Gasteiger partial charge on any atom is 0.205 e. The number of nitrogens with one attached hydrogen (secondary N) is 1. The Morgan fingerprint density at radius 1 is 1.17 bits per heavy atom. The number of nitrogens with zero attached hydrogens (tertiary/aromatic N) is 7. The number of anilines is 1. The number of benzene rings is 1. The average Bonchev–Trinajstić information content (AvgIpc) is 3.47. The summed E-state index contributed by atoms with van der Waals surface area (Å²) in [5.41, 5.74) is 2.28. The molecule has 0 unspecified atom stereocenters. The van der Waals surface area contributed by atoms with Crippen LogP contribution in [0.4, 0.5) is 5.13 Å². The van der Waals surface area contributed by atoms with Crippen LogP contribution in [0.15, 0.2) is 47.7 Å². The van der Waals surface area contributed by atoms with Gasteiger partial charge in [-0.05, 0) is 24.1 Å². The minimum absolute atomic E-state index is 0.823. The van der Waals surface area contributed by atoms with Gasteiger partial charge in [0.2, 0.25) is 5.13 Å². The van der Waals surface area contributed by atoms with E-state index < -0.39 is 0 Å². The van der Waals surface area contributed by atoms with Gasteiger partial charge >= 0.3 is 0 Å². The van der Waals surface area contributed by atoms with Gasteiger partial charge in [0.15, 0.2) is 5.96 Å². The molecule has 158 valence electrons. The number of aromatic nitrogens is 4. The molecule has 3 heterocycles. The summed E-state index contributed by atoms with van der Waals surface area (Å²) in [6, 6.07) is 10.2. The Morgan fingerprint density at radius 3 is 2.67 bits per heavy atom. The summed E-state index contributed by atoms with van der Waals surface area (Å²) in [5, 5.41) is 9.00. The minimum Gasteiger partial charge on any atom is -0.356 e. The fourth-order valence-electron chi connectivity index (χ4n) is 3.49. The Kier molecular flexibility index (Phi) is 6.58. The van der Waals surface area contributed by atoms with Crippen molar-refractivity contribution in [2.75, 3.05) is 44.7 Å². The van der Waals surface area contributed by atoms with E-state index in [0.29, 0.717) is 0 Å². The van der Waals surface area contributed by atoms with E-state index in [9.17, 15) is 0 Å². The highest BCUT2D eigenvalue weighted by molar-refractivity contribution is 7.09. The average molecular weight is 425 g/mol. The Bertz CT molecular complexity index is 956. The second-order valence-corrected chi connectivity index (χ2v) is 7.90. The summed E-state index contributed by atoms with van der Waals surface area (Å²) < 4.78 is 6.32. The fraction of sp³-hybridized carbons (Fsp3) is 0.429. The van der Waals surface area contributed by atoms with Gasteiger partial charge in [0.1, 0.15) is 5.82 Å². The van der Waals surface area contributed by atoms with Gasteiger partial charge in [0.05, 0.1) is 11.9 Å². The lowest BCUT2D eigenvalue weighted by Crippen LogP contribution is -2.52. The molecule has 1 aliphatic rings. The van der Waals surface area contributed by atoms with E-state index in [1.165, 1.54) is 17.1 Å². The molecule has 0 saturated carbocycles. The van der Waals surface area contributed by atoms with Gasteiger partial charge in [0.25, 0.3) is 0 Å². The Hall–Kier alpha value is -2.94. The standard InChI is InChI=1S/C21H28N8S/c1-3-19-25-21(30-26-19)28-13-11-27(12-14-28)20(22-2)23-10-9-17-15-24-29(16-17)18-7-5-4-6-8-18/h4-8,15-16H,3,9-14H2,1-2H3,(H,22,23). The van der Waals surface area contributed by atoms with Crippen LogP contribution in [-0.2, 0) is 12.8 Å². The van der Waals surface area contributed by atoms with Gasteiger partial charge in [-0.1, -0.05) is 25.1 Å². The Balaban J connectivity index is 1.25. The summed E-state index contributed by atoms with van der Waals surface area (Å²) in [6.45, 7) is 6.63. The highest BCUT2D eigenvalue weighted by atomic mass is 32.1. The van der Waals surface area contributed by atoms with E-state index >= 15 is 0 Å². The van der Waals surface area contributed by atoms with Crippen LogP contribution in [0.25, 0.3) is 5.69 Å². The van der Waals surface area contributed by atoms with Crippen molar-refractivity contribution in [2.45, 2.75) is 19.8 Å². The summed E-state index contributed by atoms with van der Waals surface area (Å²) in [6.07, 6.45) is 5.81. The second kappa shape index (κ2) is 9.71. The van der Waals surface area contributed by atoms with Gasteiger partial charge in [-0.15, -0.1) is 0 Å². The van der Waals surface area contributed by atoms with E-state index in [0.717, 1.165) is 68.2 Å². The lowest BCUT2D eigenvalue weighted by Gasteiger charge is -2.36. The molecular formula is C21H28N8S. The molecule has 3 aromatic rings. The van der Waals surface area contributed by atoms with Gasteiger partial charge in [-0.3, -0.25) is 4.99 Å². The molecule has 1 aromatic carbocycles. The predicted molar refractivity (Wildman–Crippen MR) is 122 cm³/mol. The number of guanidine groups is 1. The second-order valence-electron chi connectivity index (χ2n) is 7.17. The molecular weight excluding hydrogens is 396 g/mol. The van der Waals surface area contributed by atoms with Crippen molar-refractivity contribution in [3.63, 3.8) is 0 Å².